The van der Waals surface area contributed by atoms with Crippen molar-refractivity contribution in [3.05, 3.63) is 12.2 Å². The van der Waals surface area contributed by atoms with E-state index in [2.05, 4.69) is 20.4 Å². The Bertz CT molecular complexity index is 551. The number of ether oxygens (including phenoxy) is 1. The van der Waals surface area contributed by atoms with E-state index in [1.165, 1.54) is 32.4 Å². The van der Waals surface area contributed by atoms with Crippen LogP contribution in [0.15, 0.2) is 6.33 Å². The number of carbonyl (C=O) groups is 1. The first-order chi connectivity index (χ1) is 12.2. The molecule has 2 aliphatic rings. The zero-order chi connectivity index (χ0) is 17.6. The van der Waals surface area contributed by atoms with Crippen LogP contribution in [-0.2, 0) is 11.3 Å². The molecule has 0 aliphatic carbocycles. The van der Waals surface area contributed by atoms with Crippen LogP contribution < -0.4 is 5.32 Å². The number of hydrogen-bond donors (Lipinski definition) is 1. The zero-order valence-corrected chi connectivity index (χ0v) is 15.4. The smallest absolute Gasteiger partial charge is 0.318 e. The molecule has 1 aromatic heterocycles. The van der Waals surface area contributed by atoms with Crippen LogP contribution in [0.3, 0.4) is 0 Å². The summed E-state index contributed by atoms with van der Waals surface area (Å²) >= 11 is 0. The SMILES string of the molecule is COCCCn1cnnc1[C@@H](C)NC(=O)N1CC(N2CCCCC2)C1. The van der Waals surface area contributed by atoms with Gasteiger partial charge in [-0.05, 0) is 39.3 Å². The van der Waals surface area contributed by atoms with Crippen molar-refractivity contribution >= 4 is 6.03 Å². The summed E-state index contributed by atoms with van der Waals surface area (Å²) in [7, 11) is 1.69. The van der Waals surface area contributed by atoms with E-state index < -0.39 is 0 Å². The van der Waals surface area contributed by atoms with E-state index in [1.54, 1.807) is 13.4 Å². The predicted molar refractivity (Wildman–Crippen MR) is 94.2 cm³/mol. The number of nitrogens with zero attached hydrogens (tertiary/aromatic N) is 5. The molecule has 0 aromatic carbocycles. The Kier molecular flexibility index (Phi) is 6.25. The summed E-state index contributed by atoms with van der Waals surface area (Å²) in [5, 5.41) is 11.2. The Hall–Kier alpha value is -1.67. The van der Waals surface area contributed by atoms with Gasteiger partial charge in [0.05, 0.1) is 6.04 Å². The fourth-order valence-electron chi connectivity index (χ4n) is 3.63. The number of aromatic nitrogens is 3. The van der Waals surface area contributed by atoms with E-state index in [4.69, 9.17) is 4.74 Å². The number of piperidine rings is 1. The van der Waals surface area contributed by atoms with Crippen molar-refractivity contribution in [3.8, 4) is 0 Å². The quantitative estimate of drug-likeness (QED) is 0.749. The second-order valence-electron chi connectivity index (χ2n) is 7.06. The summed E-state index contributed by atoms with van der Waals surface area (Å²) in [5.74, 6) is 0.789. The van der Waals surface area contributed by atoms with Crippen LogP contribution in [0.2, 0.25) is 0 Å². The van der Waals surface area contributed by atoms with Gasteiger partial charge in [-0.15, -0.1) is 10.2 Å². The highest BCUT2D eigenvalue weighted by atomic mass is 16.5. The minimum atomic E-state index is -0.161. The molecule has 0 spiro atoms. The van der Waals surface area contributed by atoms with Crippen LogP contribution in [0, 0.1) is 0 Å². The lowest BCUT2D eigenvalue weighted by Gasteiger charge is -2.46. The number of carbonyl (C=O) groups excluding carboxylic acids is 1. The maximum absolute atomic E-state index is 12.4. The number of methoxy groups -OCH3 is 1. The minimum absolute atomic E-state index is 0.00722. The van der Waals surface area contributed by atoms with Crippen molar-refractivity contribution in [2.24, 2.45) is 0 Å². The van der Waals surface area contributed by atoms with E-state index in [9.17, 15) is 4.79 Å². The fraction of sp³-hybridized carbons (Fsp3) is 0.824. The third-order valence-electron chi connectivity index (χ3n) is 5.18. The normalized spacial score (nSPS) is 20.3. The van der Waals surface area contributed by atoms with Crippen molar-refractivity contribution in [1.82, 2.24) is 29.9 Å². The number of rotatable bonds is 7. The van der Waals surface area contributed by atoms with Crippen LogP contribution in [0.25, 0.3) is 0 Å². The Balaban J connectivity index is 1.45. The Morgan fingerprint density at radius 1 is 1.36 bits per heavy atom. The summed E-state index contributed by atoms with van der Waals surface area (Å²) in [4.78, 5) is 16.9. The lowest BCUT2D eigenvalue weighted by atomic mass is 10.0. The maximum Gasteiger partial charge on any atom is 0.318 e. The first-order valence-electron chi connectivity index (χ1n) is 9.35. The second-order valence-corrected chi connectivity index (χ2v) is 7.06. The third kappa shape index (κ3) is 4.49. The molecule has 2 aliphatic heterocycles. The standard InChI is InChI=1S/C17H30N6O2/c1-14(16-20-18-13-22(16)9-6-10-25-2)19-17(24)23-11-15(12-23)21-7-4-3-5-8-21/h13-15H,3-12H2,1-2H3,(H,19,24)/t14-/m1/s1. The number of amides is 2. The van der Waals surface area contributed by atoms with Gasteiger partial charge >= 0.3 is 6.03 Å². The van der Waals surface area contributed by atoms with Gasteiger partial charge in [0.2, 0.25) is 0 Å². The monoisotopic (exact) mass is 350 g/mol. The number of hydrogen-bond acceptors (Lipinski definition) is 5. The molecule has 1 aromatic rings. The number of urea groups is 1. The van der Waals surface area contributed by atoms with Gasteiger partial charge in [-0.25, -0.2) is 4.79 Å². The molecule has 140 valence electrons. The molecule has 3 heterocycles. The summed E-state index contributed by atoms with van der Waals surface area (Å²) in [6.45, 7) is 7.47. The van der Waals surface area contributed by atoms with Gasteiger partial charge in [-0.1, -0.05) is 6.42 Å². The van der Waals surface area contributed by atoms with Crippen molar-refractivity contribution < 1.29 is 9.53 Å². The predicted octanol–water partition coefficient (Wildman–Crippen LogP) is 1.26. The second kappa shape index (κ2) is 8.62. The molecule has 2 saturated heterocycles. The van der Waals surface area contributed by atoms with Gasteiger partial charge in [0.25, 0.3) is 0 Å². The van der Waals surface area contributed by atoms with Crippen molar-refractivity contribution in [3.63, 3.8) is 0 Å². The molecule has 25 heavy (non-hydrogen) atoms. The third-order valence-corrected chi connectivity index (χ3v) is 5.18. The van der Waals surface area contributed by atoms with Gasteiger partial charge in [0, 0.05) is 39.4 Å². The lowest BCUT2D eigenvalue weighted by molar-refractivity contribution is 0.0442. The molecule has 0 saturated carbocycles. The van der Waals surface area contributed by atoms with Crippen LogP contribution in [0.1, 0.15) is 44.5 Å². The molecule has 1 atom stereocenters. The first-order valence-corrected chi connectivity index (χ1v) is 9.35. The van der Waals surface area contributed by atoms with Crippen LogP contribution in [0.5, 0.6) is 0 Å². The Morgan fingerprint density at radius 2 is 2.12 bits per heavy atom. The molecule has 8 nitrogen and oxygen atoms in total. The zero-order valence-electron chi connectivity index (χ0n) is 15.4. The molecular weight excluding hydrogens is 320 g/mol. The topological polar surface area (TPSA) is 75.5 Å². The summed E-state index contributed by atoms with van der Waals surface area (Å²) < 4.78 is 7.07. The van der Waals surface area contributed by atoms with E-state index in [0.29, 0.717) is 12.6 Å². The fourth-order valence-corrected chi connectivity index (χ4v) is 3.63. The molecule has 1 N–H and O–H groups in total. The largest absolute Gasteiger partial charge is 0.385 e. The van der Waals surface area contributed by atoms with Crippen LogP contribution in [0.4, 0.5) is 4.79 Å². The van der Waals surface area contributed by atoms with E-state index in [-0.39, 0.29) is 12.1 Å². The number of nitrogens with one attached hydrogen (secondary N) is 1. The van der Waals surface area contributed by atoms with Crippen LogP contribution >= 0.6 is 0 Å². The van der Waals surface area contributed by atoms with Gasteiger partial charge in [-0.2, -0.15) is 0 Å². The average molecular weight is 350 g/mol. The maximum atomic E-state index is 12.4. The number of likely N-dealkylation sites (tertiary alicyclic amines) is 2. The summed E-state index contributed by atoms with van der Waals surface area (Å²) in [6, 6.07) is 0.373. The van der Waals surface area contributed by atoms with Gasteiger partial charge in [0.1, 0.15) is 6.33 Å². The Labute approximate surface area is 149 Å². The van der Waals surface area contributed by atoms with Crippen LogP contribution in [-0.4, -0.2) is 76.5 Å². The molecule has 2 fully saturated rings. The lowest BCUT2D eigenvalue weighted by Crippen LogP contribution is -2.63. The van der Waals surface area contributed by atoms with E-state index in [1.807, 2.05) is 16.4 Å². The highest BCUT2D eigenvalue weighted by molar-refractivity contribution is 5.75. The number of aryl methyl sites for hydroxylation is 1. The first kappa shape index (κ1) is 18.1. The summed E-state index contributed by atoms with van der Waals surface area (Å²) in [6.07, 6.45) is 6.53. The van der Waals surface area contributed by atoms with E-state index in [0.717, 1.165) is 31.9 Å². The Morgan fingerprint density at radius 3 is 2.84 bits per heavy atom. The van der Waals surface area contributed by atoms with Crippen molar-refractivity contribution in [1.29, 1.82) is 0 Å². The molecule has 8 heteroatoms. The molecule has 3 rings (SSSR count). The summed E-state index contributed by atoms with van der Waals surface area (Å²) in [5.41, 5.74) is 0. The average Bonchev–Trinajstić information content (AvgIpc) is 3.03. The van der Waals surface area contributed by atoms with Gasteiger partial charge in [0.15, 0.2) is 5.82 Å². The molecule has 0 unspecified atom stereocenters. The molecule has 0 radical (unpaired) electrons. The van der Waals surface area contributed by atoms with E-state index >= 15 is 0 Å². The highest BCUT2D eigenvalue weighted by Crippen LogP contribution is 2.20. The minimum Gasteiger partial charge on any atom is -0.385 e. The van der Waals surface area contributed by atoms with Crippen molar-refractivity contribution in [2.75, 3.05) is 39.9 Å². The van der Waals surface area contributed by atoms with Crippen molar-refractivity contribution in [2.45, 2.75) is 51.2 Å². The highest BCUT2D eigenvalue weighted by Gasteiger charge is 2.35. The molecule has 0 bridgehead atoms. The molecule has 2 amide bonds. The molecular formula is C17H30N6O2. The van der Waals surface area contributed by atoms with Gasteiger partial charge in [-0.3, -0.25) is 4.90 Å². The van der Waals surface area contributed by atoms with Gasteiger partial charge < -0.3 is 19.5 Å².